The molecule has 13 heteroatoms. The van der Waals surface area contributed by atoms with Crippen LogP contribution in [0.15, 0.2) is 58.4 Å². The lowest BCUT2D eigenvalue weighted by Crippen LogP contribution is -2.46. The van der Waals surface area contributed by atoms with Gasteiger partial charge in [0.1, 0.15) is 34.3 Å². The van der Waals surface area contributed by atoms with Gasteiger partial charge in [-0.2, -0.15) is 4.98 Å². The van der Waals surface area contributed by atoms with E-state index in [0.717, 1.165) is 23.5 Å². The molecule has 0 N–H and O–H groups in total. The third-order valence-corrected chi connectivity index (χ3v) is 7.83. The molecule has 0 spiro atoms. The molecule has 0 radical (unpaired) electrons. The molecule has 0 unspecified atom stereocenters. The molecule has 2 aliphatic heterocycles. The SMILES string of the molecule is COc1nc(N2[C@@H]3CC[C@H]2COC3)cc2c1c(=O)n(-c1cnc3cc(F)ccn13)c(=O)n2-c1ccc(F)c(Cl)c1. The Balaban J connectivity index is 1.59. The van der Waals surface area contributed by atoms with E-state index >= 15 is 0 Å². The zero-order valence-electron chi connectivity index (χ0n) is 21.1. The van der Waals surface area contributed by atoms with Gasteiger partial charge in [0.25, 0.3) is 5.56 Å². The molecule has 2 saturated heterocycles. The third-order valence-electron chi connectivity index (χ3n) is 7.54. The molecule has 2 atom stereocenters. The zero-order chi connectivity index (χ0) is 27.7. The van der Waals surface area contributed by atoms with E-state index in [0.29, 0.717) is 19.0 Å². The molecule has 0 saturated carbocycles. The summed E-state index contributed by atoms with van der Waals surface area (Å²) in [7, 11) is 1.39. The fraction of sp³-hybridized carbons (Fsp3) is 0.259. The smallest absolute Gasteiger partial charge is 0.342 e. The molecule has 2 bridgehead atoms. The molecular weight excluding hydrogens is 546 g/mol. The minimum absolute atomic E-state index is 0.0129. The minimum Gasteiger partial charge on any atom is -0.480 e. The Morgan fingerprint density at radius 3 is 2.55 bits per heavy atom. The van der Waals surface area contributed by atoms with Gasteiger partial charge in [-0.1, -0.05) is 11.6 Å². The molecule has 1 aromatic carbocycles. The molecule has 2 fully saturated rings. The van der Waals surface area contributed by atoms with Crippen molar-refractivity contribution < 1.29 is 18.3 Å². The van der Waals surface area contributed by atoms with Gasteiger partial charge >= 0.3 is 5.69 Å². The van der Waals surface area contributed by atoms with Crippen molar-refractivity contribution >= 4 is 34.0 Å². The Kier molecular flexibility index (Phi) is 5.65. The van der Waals surface area contributed by atoms with Crippen LogP contribution in [0.1, 0.15) is 12.8 Å². The summed E-state index contributed by atoms with van der Waals surface area (Å²) in [5.41, 5.74) is -0.853. The van der Waals surface area contributed by atoms with Crippen LogP contribution in [0.5, 0.6) is 5.88 Å². The van der Waals surface area contributed by atoms with E-state index < -0.39 is 22.9 Å². The van der Waals surface area contributed by atoms with Gasteiger partial charge in [-0.05, 0) is 37.1 Å². The predicted molar refractivity (Wildman–Crippen MR) is 143 cm³/mol. The van der Waals surface area contributed by atoms with Crippen LogP contribution in [-0.4, -0.2) is 55.9 Å². The first-order valence-corrected chi connectivity index (χ1v) is 12.9. The summed E-state index contributed by atoms with van der Waals surface area (Å²) < 4.78 is 42.9. The predicted octanol–water partition coefficient (Wildman–Crippen LogP) is 3.49. The first-order chi connectivity index (χ1) is 19.4. The van der Waals surface area contributed by atoms with Crippen LogP contribution in [0.2, 0.25) is 5.02 Å². The summed E-state index contributed by atoms with van der Waals surface area (Å²) in [4.78, 5) is 39.3. The zero-order valence-corrected chi connectivity index (χ0v) is 21.8. The number of hydrogen-bond donors (Lipinski definition) is 0. The molecule has 0 amide bonds. The number of methoxy groups -OCH3 is 1. The largest absolute Gasteiger partial charge is 0.480 e. The van der Waals surface area contributed by atoms with Crippen LogP contribution < -0.4 is 20.9 Å². The second-order valence-corrected chi connectivity index (χ2v) is 10.2. The van der Waals surface area contributed by atoms with Gasteiger partial charge in [0, 0.05) is 18.3 Å². The van der Waals surface area contributed by atoms with Gasteiger partial charge < -0.3 is 14.4 Å². The van der Waals surface area contributed by atoms with Crippen molar-refractivity contribution in [3.63, 3.8) is 0 Å². The van der Waals surface area contributed by atoms with E-state index in [-0.39, 0.29) is 51.0 Å². The van der Waals surface area contributed by atoms with Gasteiger partial charge in [0.15, 0.2) is 0 Å². The van der Waals surface area contributed by atoms with Crippen LogP contribution in [0.4, 0.5) is 14.6 Å². The van der Waals surface area contributed by atoms with Crippen LogP contribution >= 0.6 is 11.6 Å². The number of pyridine rings is 2. The number of rotatable bonds is 4. The number of halogens is 3. The second kappa shape index (κ2) is 9.14. The molecule has 10 nitrogen and oxygen atoms in total. The van der Waals surface area contributed by atoms with Gasteiger partial charge in [0.2, 0.25) is 5.88 Å². The molecule has 4 aromatic heterocycles. The maximum Gasteiger partial charge on any atom is 0.342 e. The highest BCUT2D eigenvalue weighted by molar-refractivity contribution is 6.30. The third kappa shape index (κ3) is 3.63. The van der Waals surface area contributed by atoms with E-state index in [1.807, 2.05) is 0 Å². The summed E-state index contributed by atoms with van der Waals surface area (Å²) >= 11 is 6.12. The van der Waals surface area contributed by atoms with E-state index in [4.69, 9.17) is 26.1 Å². The van der Waals surface area contributed by atoms with Crippen molar-refractivity contribution in [2.45, 2.75) is 24.9 Å². The van der Waals surface area contributed by atoms with E-state index in [9.17, 15) is 18.4 Å². The van der Waals surface area contributed by atoms with Crippen LogP contribution in [0.25, 0.3) is 28.1 Å². The quantitative estimate of drug-likeness (QED) is 0.329. The number of ether oxygens (including phenoxy) is 2. The Morgan fingerprint density at radius 2 is 1.82 bits per heavy atom. The Bertz CT molecular complexity index is 1940. The fourth-order valence-electron chi connectivity index (χ4n) is 5.74. The normalized spacial score (nSPS) is 18.6. The summed E-state index contributed by atoms with van der Waals surface area (Å²) in [5.74, 6) is -0.566. The number of fused-ring (bicyclic) bond motifs is 4. The van der Waals surface area contributed by atoms with Gasteiger partial charge in [-0.3, -0.25) is 13.8 Å². The van der Waals surface area contributed by atoms with E-state index in [1.165, 1.54) is 52.7 Å². The lowest BCUT2D eigenvalue weighted by atomic mass is 10.2. The fourth-order valence-corrected chi connectivity index (χ4v) is 5.92. The average Bonchev–Trinajstić information content (AvgIpc) is 3.46. The number of anilines is 1. The van der Waals surface area contributed by atoms with Gasteiger partial charge in [0.05, 0.1) is 54.8 Å². The van der Waals surface area contributed by atoms with Crippen molar-refractivity contribution in [3.05, 3.63) is 86.3 Å². The molecule has 204 valence electrons. The highest BCUT2D eigenvalue weighted by atomic mass is 35.5. The number of benzene rings is 1. The van der Waals surface area contributed by atoms with Crippen LogP contribution in [-0.2, 0) is 4.74 Å². The Labute approximate surface area is 229 Å². The maximum absolute atomic E-state index is 14.2. The number of hydrogen-bond acceptors (Lipinski definition) is 7. The lowest BCUT2D eigenvalue weighted by molar-refractivity contribution is 0.0902. The van der Waals surface area contributed by atoms with Gasteiger partial charge in [-0.25, -0.2) is 23.1 Å². The van der Waals surface area contributed by atoms with Crippen molar-refractivity contribution in [3.8, 4) is 17.4 Å². The number of morpholine rings is 1. The summed E-state index contributed by atoms with van der Waals surface area (Å²) in [6, 6.07) is 8.06. The van der Waals surface area contributed by atoms with E-state index in [1.54, 1.807) is 6.07 Å². The number of aromatic nitrogens is 5. The molecule has 40 heavy (non-hydrogen) atoms. The van der Waals surface area contributed by atoms with Crippen LogP contribution in [0.3, 0.4) is 0 Å². The number of imidazole rings is 1. The highest BCUT2D eigenvalue weighted by Gasteiger charge is 2.39. The first kappa shape index (κ1) is 24.7. The summed E-state index contributed by atoms with van der Waals surface area (Å²) in [6.45, 7) is 1.07. The molecule has 7 rings (SSSR count). The van der Waals surface area contributed by atoms with Crippen LogP contribution in [0, 0.1) is 11.6 Å². The minimum atomic E-state index is -0.768. The molecule has 6 heterocycles. The molecule has 2 aliphatic rings. The highest BCUT2D eigenvalue weighted by Crippen LogP contribution is 2.36. The topological polar surface area (TPSA) is 95.9 Å². The monoisotopic (exact) mass is 566 g/mol. The lowest BCUT2D eigenvalue weighted by Gasteiger charge is -2.36. The van der Waals surface area contributed by atoms with Crippen molar-refractivity contribution in [2.24, 2.45) is 0 Å². The summed E-state index contributed by atoms with van der Waals surface area (Å²) in [6.07, 6.45) is 4.51. The Morgan fingerprint density at radius 1 is 1.05 bits per heavy atom. The molecule has 0 aliphatic carbocycles. The molecular formula is C27H21ClF2N6O4. The average molecular weight is 567 g/mol. The van der Waals surface area contributed by atoms with Crippen molar-refractivity contribution in [2.75, 3.05) is 25.2 Å². The first-order valence-electron chi connectivity index (χ1n) is 12.6. The summed E-state index contributed by atoms with van der Waals surface area (Å²) in [5, 5.41) is -0.183. The maximum atomic E-state index is 14.2. The van der Waals surface area contributed by atoms with Crippen molar-refractivity contribution in [1.82, 2.24) is 23.5 Å². The number of nitrogens with zero attached hydrogens (tertiary/aromatic N) is 6. The van der Waals surface area contributed by atoms with E-state index in [2.05, 4.69) is 9.88 Å². The van der Waals surface area contributed by atoms with Crippen molar-refractivity contribution in [1.29, 1.82) is 0 Å². The second-order valence-electron chi connectivity index (χ2n) is 9.76. The standard InChI is InChI=1S/C27H21ClF2N6O4/c1-39-25-24-20(10-22(32-25)34-16-2-3-17(34)13-40-12-16)35(15-4-5-19(30)18(28)9-15)27(38)36(26(24)37)23-11-31-21-8-14(29)6-7-33(21)23/h4-11,16-17H,2-3,12-13H2,1H3/t16-,17+. The molecule has 5 aromatic rings. The Hall–Kier alpha value is -4.29. The van der Waals surface area contributed by atoms with Gasteiger partial charge in [-0.15, -0.1) is 0 Å².